The van der Waals surface area contributed by atoms with Gasteiger partial charge in [0.15, 0.2) is 0 Å². The first-order chi connectivity index (χ1) is 7.17. The SMILES string of the molecule is C#CCC(CC)NC(CC)CC(N)=NO. The molecular formula is C11H21N3O. The summed E-state index contributed by atoms with van der Waals surface area (Å²) in [5.41, 5.74) is 5.46. The molecule has 0 bridgehead atoms. The molecule has 0 aliphatic carbocycles. The average molecular weight is 211 g/mol. The summed E-state index contributed by atoms with van der Waals surface area (Å²) in [7, 11) is 0. The van der Waals surface area contributed by atoms with Gasteiger partial charge in [0.2, 0.25) is 0 Å². The molecule has 0 aromatic carbocycles. The topological polar surface area (TPSA) is 70.6 Å². The zero-order valence-corrected chi connectivity index (χ0v) is 9.53. The van der Waals surface area contributed by atoms with Crippen molar-refractivity contribution in [1.82, 2.24) is 5.32 Å². The fraction of sp³-hybridized carbons (Fsp3) is 0.727. The van der Waals surface area contributed by atoms with Crippen LogP contribution in [0.3, 0.4) is 0 Å². The van der Waals surface area contributed by atoms with Crippen molar-refractivity contribution in [3.63, 3.8) is 0 Å². The first kappa shape index (κ1) is 13.8. The van der Waals surface area contributed by atoms with Crippen LogP contribution in [0.2, 0.25) is 0 Å². The lowest BCUT2D eigenvalue weighted by molar-refractivity contribution is 0.314. The van der Waals surface area contributed by atoms with Crippen molar-refractivity contribution in [3.05, 3.63) is 0 Å². The molecule has 2 atom stereocenters. The van der Waals surface area contributed by atoms with Gasteiger partial charge in [0, 0.05) is 24.9 Å². The van der Waals surface area contributed by atoms with Gasteiger partial charge in [0.1, 0.15) is 5.84 Å². The van der Waals surface area contributed by atoms with Gasteiger partial charge < -0.3 is 16.3 Å². The van der Waals surface area contributed by atoms with Crippen LogP contribution in [0.1, 0.15) is 39.5 Å². The molecule has 86 valence electrons. The number of amidine groups is 1. The number of nitrogens with two attached hydrogens (primary N) is 1. The Kier molecular flexibility index (Phi) is 7.47. The van der Waals surface area contributed by atoms with Gasteiger partial charge in [-0.15, -0.1) is 12.3 Å². The monoisotopic (exact) mass is 211 g/mol. The molecule has 0 aliphatic rings. The van der Waals surface area contributed by atoms with Crippen LogP contribution >= 0.6 is 0 Å². The van der Waals surface area contributed by atoms with Crippen molar-refractivity contribution < 1.29 is 5.21 Å². The van der Waals surface area contributed by atoms with Gasteiger partial charge in [0.05, 0.1) is 0 Å². The normalized spacial score (nSPS) is 15.7. The predicted octanol–water partition coefficient (Wildman–Crippen LogP) is 1.29. The minimum Gasteiger partial charge on any atom is -0.409 e. The smallest absolute Gasteiger partial charge is 0.140 e. The van der Waals surface area contributed by atoms with E-state index in [1.807, 2.05) is 0 Å². The Bertz CT molecular complexity index is 232. The van der Waals surface area contributed by atoms with E-state index >= 15 is 0 Å². The van der Waals surface area contributed by atoms with Crippen molar-refractivity contribution in [2.75, 3.05) is 0 Å². The van der Waals surface area contributed by atoms with Gasteiger partial charge in [0.25, 0.3) is 0 Å². The largest absolute Gasteiger partial charge is 0.409 e. The minimum absolute atomic E-state index is 0.221. The molecule has 0 aliphatic heterocycles. The summed E-state index contributed by atoms with van der Waals surface area (Å²) >= 11 is 0. The summed E-state index contributed by atoms with van der Waals surface area (Å²) in [6, 6.07) is 0.533. The molecule has 0 saturated carbocycles. The van der Waals surface area contributed by atoms with Crippen LogP contribution in [0.25, 0.3) is 0 Å². The minimum atomic E-state index is 0.221. The lowest BCUT2D eigenvalue weighted by Gasteiger charge is -2.22. The second kappa shape index (κ2) is 8.13. The number of nitrogens with one attached hydrogen (secondary N) is 1. The molecule has 2 unspecified atom stereocenters. The fourth-order valence-electron chi connectivity index (χ4n) is 1.41. The van der Waals surface area contributed by atoms with E-state index in [1.54, 1.807) is 0 Å². The van der Waals surface area contributed by atoms with E-state index in [9.17, 15) is 0 Å². The second-order valence-corrected chi connectivity index (χ2v) is 3.58. The first-order valence-corrected chi connectivity index (χ1v) is 5.33. The van der Waals surface area contributed by atoms with E-state index < -0.39 is 0 Å². The van der Waals surface area contributed by atoms with Gasteiger partial charge in [-0.2, -0.15) is 0 Å². The summed E-state index contributed by atoms with van der Waals surface area (Å²) in [6.45, 7) is 4.15. The first-order valence-electron chi connectivity index (χ1n) is 5.33. The zero-order chi connectivity index (χ0) is 11.7. The lowest BCUT2D eigenvalue weighted by Crippen LogP contribution is -2.40. The van der Waals surface area contributed by atoms with E-state index in [-0.39, 0.29) is 11.9 Å². The Morgan fingerprint density at radius 3 is 2.47 bits per heavy atom. The molecule has 4 nitrogen and oxygen atoms in total. The van der Waals surface area contributed by atoms with Crippen molar-refractivity contribution in [2.24, 2.45) is 10.9 Å². The molecule has 0 amide bonds. The predicted molar refractivity (Wildman–Crippen MR) is 62.8 cm³/mol. The molecule has 0 rings (SSSR count). The van der Waals surface area contributed by atoms with Crippen LogP contribution in [-0.2, 0) is 0 Å². The lowest BCUT2D eigenvalue weighted by atomic mass is 10.1. The highest BCUT2D eigenvalue weighted by Crippen LogP contribution is 2.04. The molecular weight excluding hydrogens is 190 g/mol. The van der Waals surface area contributed by atoms with Gasteiger partial charge >= 0.3 is 0 Å². The Morgan fingerprint density at radius 1 is 1.47 bits per heavy atom. The molecule has 0 aromatic heterocycles. The average Bonchev–Trinajstić information content (AvgIpc) is 2.26. The van der Waals surface area contributed by atoms with Crippen molar-refractivity contribution in [2.45, 2.75) is 51.6 Å². The maximum Gasteiger partial charge on any atom is 0.140 e. The van der Waals surface area contributed by atoms with Gasteiger partial charge in [-0.05, 0) is 12.8 Å². The third-order valence-corrected chi connectivity index (χ3v) is 2.41. The molecule has 0 radical (unpaired) electrons. The highest BCUT2D eigenvalue weighted by Gasteiger charge is 2.13. The number of hydrogen-bond donors (Lipinski definition) is 3. The number of oxime groups is 1. The number of nitrogens with zero attached hydrogens (tertiary/aromatic N) is 1. The highest BCUT2D eigenvalue weighted by atomic mass is 16.4. The Labute approximate surface area is 91.9 Å². The summed E-state index contributed by atoms with van der Waals surface area (Å²) in [5.74, 6) is 2.90. The summed E-state index contributed by atoms with van der Waals surface area (Å²) in [5, 5.41) is 14.9. The van der Waals surface area contributed by atoms with E-state index in [0.29, 0.717) is 18.9 Å². The van der Waals surface area contributed by atoms with E-state index in [0.717, 1.165) is 12.8 Å². The molecule has 4 heteroatoms. The van der Waals surface area contributed by atoms with Crippen molar-refractivity contribution in [3.8, 4) is 12.3 Å². The summed E-state index contributed by atoms with van der Waals surface area (Å²) in [4.78, 5) is 0. The van der Waals surface area contributed by atoms with Crippen LogP contribution < -0.4 is 11.1 Å². The molecule has 0 fully saturated rings. The Hall–Kier alpha value is -1.21. The number of rotatable bonds is 7. The van der Waals surface area contributed by atoms with E-state index in [2.05, 4.69) is 30.2 Å². The van der Waals surface area contributed by atoms with Gasteiger partial charge in [-0.3, -0.25) is 0 Å². The van der Waals surface area contributed by atoms with Crippen LogP contribution in [0.4, 0.5) is 0 Å². The van der Waals surface area contributed by atoms with Crippen LogP contribution in [0, 0.1) is 12.3 Å². The molecule has 0 heterocycles. The molecule has 4 N–H and O–H groups in total. The third kappa shape index (κ3) is 5.97. The van der Waals surface area contributed by atoms with Crippen molar-refractivity contribution in [1.29, 1.82) is 0 Å². The van der Waals surface area contributed by atoms with E-state index in [4.69, 9.17) is 17.4 Å². The third-order valence-electron chi connectivity index (χ3n) is 2.41. The second-order valence-electron chi connectivity index (χ2n) is 3.58. The van der Waals surface area contributed by atoms with Crippen LogP contribution in [0.15, 0.2) is 5.16 Å². The van der Waals surface area contributed by atoms with Gasteiger partial charge in [-0.1, -0.05) is 19.0 Å². The maximum absolute atomic E-state index is 8.48. The fourth-order valence-corrected chi connectivity index (χ4v) is 1.41. The van der Waals surface area contributed by atoms with Gasteiger partial charge in [-0.25, -0.2) is 0 Å². The van der Waals surface area contributed by atoms with Crippen LogP contribution in [0.5, 0.6) is 0 Å². The maximum atomic E-state index is 8.48. The summed E-state index contributed by atoms with van der Waals surface area (Å²) < 4.78 is 0. The Morgan fingerprint density at radius 2 is 2.07 bits per heavy atom. The zero-order valence-electron chi connectivity index (χ0n) is 9.53. The summed E-state index contributed by atoms with van der Waals surface area (Å²) in [6.07, 6.45) is 8.44. The number of terminal acetylenes is 1. The molecule has 0 aromatic rings. The highest BCUT2D eigenvalue weighted by molar-refractivity contribution is 5.80. The Balaban J connectivity index is 4.13. The van der Waals surface area contributed by atoms with E-state index in [1.165, 1.54) is 0 Å². The quantitative estimate of drug-likeness (QED) is 0.195. The van der Waals surface area contributed by atoms with Crippen molar-refractivity contribution >= 4 is 5.84 Å². The van der Waals surface area contributed by atoms with Crippen LogP contribution in [-0.4, -0.2) is 23.1 Å². The molecule has 0 spiro atoms. The molecule has 0 saturated heterocycles. The number of hydrogen-bond acceptors (Lipinski definition) is 3. The molecule has 15 heavy (non-hydrogen) atoms. The standard InChI is InChI=1S/C11H21N3O/c1-4-7-9(5-2)13-10(6-3)8-11(12)14-15/h1,9-10,13,15H,5-8H2,2-3H3,(H2,12,14).